The number of benzene rings is 2. The number of aliphatic hydroxyl groups excluding tert-OH is 1. The van der Waals surface area contributed by atoms with Crippen LogP contribution in [0.4, 0.5) is 0 Å². The fourth-order valence-electron chi connectivity index (χ4n) is 2.94. The maximum Gasteiger partial charge on any atom is 0.276 e. The molecule has 0 aliphatic carbocycles. The molecule has 0 saturated heterocycles. The van der Waals surface area contributed by atoms with Gasteiger partial charge < -0.3 is 9.67 Å². The fourth-order valence-corrected chi connectivity index (χ4v) is 3.46. The zero-order valence-electron chi connectivity index (χ0n) is 14.1. The number of halogens is 2. The minimum atomic E-state index is -0.810. The molecular formula is C20H15BrClN3O2. The summed E-state index contributed by atoms with van der Waals surface area (Å²) in [5.74, 6) is 0. The molecule has 0 fully saturated rings. The van der Waals surface area contributed by atoms with Gasteiger partial charge in [0.05, 0.1) is 18.3 Å². The second kappa shape index (κ2) is 7.31. The van der Waals surface area contributed by atoms with Crippen LogP contribution in [0.25, 0.3) is 16.8 Å². The van der Waals surface area contributed by atoms with E-state index in [2.05, 4.69) is 21.0 Å². The second-order valence-corrected chi connectivity index (χ2v) is 7.54. The molecule has 2 heterocycles. The average Bonchev–Trinajstić information content (AvgIpc) is 3.10. The Morgan fingerprint density at radius 1 is 1.11 bits per heavy atom. The first-order chi connectivity index (χ1) is 13.0. The third-order valence-corrected chi connectivity index (χ3v) is 5.09. The van der Waals surface area contributed by atoms with Crippen molar-refractivity contribution in [3.8, 4) is 11.3 Å². The Hall–Kier alpha value is -2.41. The molecule has 4 rings (SSSR count). The van der Waals surface area contributed by atoms with E-state index in [4.69, 9.17) is 11.6 Å². The van der Waals surface area contributed by atoms with Crippen LogP contribution in [0.3, 0.4) is 0 Å². The van der Waals surface area contributed by atoms with Crippen molar-refractivity contribution < 1.29 is 5.11 Å². The monoisotopic (exact) mass is 443 g/mol. The van der Waals surface area contributed by atoms with Crippen molar-refractivity contribution in [1.29, 1.82) is 0 Å². The van der Waals surface area contributed by atoms with Crippen LogP contribution in [0, 0.1) is 0 Å². The first-order valence-corrected chi connectivity index (χ1v) is 9.47. The molecule has 0 radical (unpaired) electrons. The Morgan fingerprint density at radius 3 is 2.63 bits per heavy atom. The molecule has 27 heavy (non-hydrogen) atoms. The molecule has 1 atom stereocenters. The predicted octanol–water partition coefficient (Wildman–Crippen LogP) is 4.31. The van der Waals surface area contributed by atoms with Gasteiger partial charge in [-0.05, 0) is 35.9 Å². The predicted molar refractivity (Wildman–Crippen MR) is 109 cm³/mol. The van der Waals surface area contributed by atoms with Crippen molar-refractivity contribution in [2.45, 2.75) is 12.6 Å². The minimum Gasteiger partial charge on any atom is -0.387 e. The standard InChI is InChI=1S/C20H15BrClN3O2/c21-15-3-1-2-14(10-15)17-11-18-20(27)24(8-9-25(18)23-17)12-19(26)13-4-6-16(22)7-5-13/h1-11,19,26H,12H2. The first-order valence-electron chi connectivity index (χ1n) is 8.29. The van der Waals surface area contributed by atoms with Gasteiger partial charge in [-0.25, -0.2) is 4.52 Å². The van der Waals surface area contributed by atoms with Crippen LogP contribution >= 0.6 is 27.5 Å². The van der Waals surface area contributed by atoms with Gasteiger partial charge in [-0.3, -0.25) is 4.79 Å². The molecule has 1 N–H and O–H groups in total. The van der Waals surface area contributed by atoms with Crippen LogP contribution in [0.2, 0.25) is 5.02 Å². The van der Waals surface area contributed by atoms with Crippen molar-refractivity contribution >= 4 is 33.0 Å². The van der Waals surface area contributed by atoms with Gasteiger partial charge in [0.25, 0.3) is 5.56 Å². The van der Waals surface area contributed by atoms with Crippen molar-refractivity contribution in [1.82, 2.24) is 14.2 Å². The number of fused-ring (bicyclic) bond motifs is 1. The maximum atomic E-state index is 12.8. The van der Waals surface area contributed by atoms with Gasteiger partial charge >= 0.3 is 0 Å². The number of aromatic nitrogens is 3. The maximum absolute atomic E-state index is 12.8. The fraction of sp³-hybridized carbons (Fsp3) is 0.100. The van der Waals surface area contributed by atoms with Gasteiger partial charge in [0.1, 0.15) is 5.52 Å². The quantitative estimate of drug-likeness (QED) is 0.510. The van der Waals surface area contributed by atoms with E-state index in [1.807, 2.05) is 24.3 Å². The van der Waals surface area contributed by atoms with E-state index < -0.39 is 6.10 Å². The van der Waals surface area contributed by atoms with Crippen molar-refractivity contribution in [2.75, 3.05) is 0 Å². The van der Waals surface area contributed by atoms with Gasteiger partial charge in [0.2, 0.25) is 0 Å². The topological polar surface area (TPSA) is 59.5 Å². The second-order valence-electron chi connectivity index (χ2n) is 6.19. The lowest BCUT2D eigenvalue weighted by atomic mass is 10.1. The molecule has 4 aromatic rings. The van der Waals surface area contributed by atoms with E-state index in [0.29, 0.717) is 21.8 Å². The van der Waals surface area contributed by atoms with Crippen LogP contribution in [0.15, 0.2) is 76.3 Å². The van der Waals surface area contributed by atoms with Crippen molar-refractivity contribution in [3.05, 3.63) is 92.4 Å². The first kappa shape index (κ1) is 18.0. The molecule has 0 aliphatic rings. The van der Waals surface area contributed by atoms with Gasteiger partial charge in [-0.2, -0.15) is 5.10 Å². The lowest BCUT2D eigenvalue weighted by Gasteiger charge is -2.13. The van der Waals surface area contributed by atoms with E-state index in [1.165, 1.54) is 4.57 Å². The van der Waals surface area contributed by atoms with Crippen LogP contribution in [-0.4, -0.2) is 19.3 Å². The highest BCUT2D eigenvalue weighted by atomic mass is 79.9. The highest BCUT2D eigenvalue weighted by Gasteiger charge is 2.13. The molecule has 0 bridgehead atoms. The molecule has 2 aromatic carbocycles. The zero-order chi connectivity index (χ0) is 19.0. The molecule has 0 aliphatic heterocycles. The van der Waals surface area contributed by atoms with E-state index in [9.17, 15) is 9.90 Å². The normalized spacial score (nSPS) is 12.4. The Morgan fingerprint density at radius 2 is 1.89 bits per heavy atom. The van der Waals surface area contributed by atoms with Gasteiger partial charge in [0.15, 0.2) is 0 Å². The average molecular weight is 445 g/mol. The Balaban J connectivity index is 1.68. The number of hydrogen-bond donors (Lipinski definition) is 1. The SMILES string of the molecule is O=c1c2cc(-c3cccc(Br)c3)nn2ccn1CC(O)c1ccc(Cl)cc1. The number of hydrogen-bond acceptors (Lipinski definition) is 3. The molecule has 7 heteroatoms. The van der Waals surface area contributed by atoms with E-state index >= 15 is 0 Å². The summed E-state index contributed by atoms with van der Waals surface area (Å²) in [5, 5.41) is 15.5. The summed E-state index contributed by atoms with van der Waals surface area (Å²) in [6.45, 7) is 0.147. The summed E-state index contributed by atoms with van der Waals surface area (Å²) in [5.41, 5.74) is 2.58. The Kier molecular flexibility index (Phi) is 4.86. The molecule has 2 aromatic heterocycles. The molecule has 136 valence electrons. The number of rotatable bonds is 4. The third kappa shape index (κ3) is 3.69. The van der Waals surface area contributed by atoms with Crippen molar-refractivity contribution in [2.24, 2.45) is 0 Å². The zero-order valence-corrected chi connectivity index (χ0v) is 16.4. The molecular weight excluding hydrogens is 430 g/mol. The summed E-state index contributed by atoms with van der Waals surface area (Å²) < 4.78 is 3.99. The third-order valence-electron chi connectivity index (χ3n) is 4.35. The Labute approximate surface area is 168 Å². The molecule has 0 amide bonds. The number of aliphatic hydroxyl groups is 1. The highest BCUT2D eigenvalue weighted by Crippen LogP contribution is 2.22. The van der Waals surface area contributed by atoms with E-state index in [0.717, 1.165) is 10.0 Å². The van der Waals surface area contributed by atoms with Crippen LogP contribution in [0.5, 0.6) is 0 Å². The van der Waals surface area contributed by atoms with Gasteiger partial charge in [0, 0.05) is 27.5 Å². The van der Waals surface area contributed by atoms with Crippen LogP contribution < -0.4 is 5.56 Å². The summed E-state index contributed by atoms with van der Waals surface area (Å²) in [4.78, 5) is 12.8. The molecule has 5 nitrogen and oxygen atoms in total. The van der Waals surface area contributed by atoms with E-state index in [-0.39, 0.29) is 12.1 Å². The van der Waals surface area contributed by atoms with Gasteiger partial charge in [-0.1, -0.05) is 51.8 Å². The molecule has 1 unspecified atom stereocenters. The van der Waals surface area contributed by atoms with E-state index in [1.54, 1.807) is 47.2 Å². The lowest BCUT2D eigenvalue weighted by Crippen LogP contribution is -2.24. The summed E-state index contributed by atoms with van der Waals surface area (Å²) in [6.07, 6.45) is 2.54. The van der Waals surface area contributed by atoms with Crippen molar-refractivity contribution in [3.63, 3.8) is 0 Å². The Bertz CT molecular complexity index is 1170. The smallest absolute Gasteiger partial charge is 0.276 e. The molecule has 0 saturated carbocycles. The largest absolute Gasteiger partial charge is 0.387 e. The lowest BCUT2D eigenvalue weighted by molar-refractivity contribution is 0.155. The van der Waals surface area contributed by atoms with Crippen LogP contribution in [-0.2, 0) is 6.54 Å². The number of nitrogens with zero attached hydrogens (tertiary/aromatic N) is 3. The van der Waals surface area contributed by atoms with Gasteiger partial charge in [-0.15, -0.1) is 0 Å². The summed E-state index contributed by atoms with van der Waals surface area (Å²) in [7, 11) is 0. The summed E-state index contributed by atoms with van der Waals surface area (Å²) >= 11 is 9.33. The summed E-state index contributed by atoms with van der Waals surface area (Å²) in [6, 6.07) is 16.4. The minimum absolute atomic E-state index is 0.147. The highest BCUT2D eigenvalue weighted by molar-refractivity contribution is 9.10. The molecule has 0 spiro atoms. The van der Waals surface area contributed by atoms with Crippen LogP contribution in [0.1, 0.15) is 11.7 Å².